The Bertz CT molecular complexity index is 896. The van der Waals surface area contributed by atoms with Crippen LogP contribution in [0.15, 0.2) is 18.2 Å². The first kappa shape index (κ1) is 21.9. The third kappa shape index (κ3) is 4.20. The van der Waals surface area contributed by atoms with Gasteiger partial charge in [0.2, 0.25) is 5.91 Å². The van der Waals surface area contributed by atoms with Crippen LogP contribution < -0.4 is 20.8 Å². The van der Waals surface area contributed by atoms with Crippen molar-refractivity contribution in [1.82, 2.24) is 21.1 Å². The highest BCUT2D eigenvalue weighted by molar-refractivity contribution is 6.30. The van der Waals surface area contributed by atoms with Gasteiger partial charge in [0.05, 0.1) is 5.02 Å². The number of ether oxygens (including phenoxy) is 1. The van der Waals surface area contributed by atoms with Gasteiger partial charge in [0.15, 0.2) is 6.61 Å². The SMILES string of the molecule is CN1NC(C(=O)NC2CC(NC(=O)COc3ccc(Cl)c(F)c3)C3CC2C3)C2CCCC21. The number of hydrogen-bond acceptors (Lipinski definition) is 5. The molecule has 2 bridgehead atoms. The number of benzene rings is 1. The van der Waals surface area contributed by atoms with E-state index in [9.17, 15) is 14.0 Å². The van der Waals surface area contributed by atoms with Gasteiger partial charge in [-0.05, 0) is 56.1 Å². The maximum atomic E-state index is 13.5. The molecule has 1 aromatic carbocycles. The van der Waals surface area contributed by atoms with Crippen LogP contribution in [0.3, 0.4) is 0 Å². The first-order valence-electron chi connectivity index (χ1n) is 11.6. The fourth-order valence-electron chi connectivity index (χ4n) is 6.12. The van der Waals surface area contributed by atoms with Crippen LogP contribution in [0.4, 0.5) is 4.39 Å². The Morgan fingerprint density at radius 3 is 2.69 bits per heavy atom. The summed E-state index contributed by atoms with van der Waals surface area (Å²) in [6.07, 6.45) is 6.18. The molecule has 1 saturated heterocycles. The number of nitrogens with zero attached hydrogens (tertiary/aromatic N) is 1. The lowest BCUT2D eigenvalue weighted by molar-refractivity contribution is -0.127. The lowest BCUT2D eigenvalue weighted by Crippen LogP contribution is -2.61. The monoisotopic (exact) mass is 464 g/mol. The fourth-order valence-corrected chi connectivity index (χ4v) is 6.23. The average molecular weight is 465 g/mol. The number of carbonyl (C=O) groups is 2. The fraction of sp³-hybridized carbons (Fsp3) is 0.652. The van der Waals surface area contributed by atoms with Crippen LogP contribution in [0, 0.1) is 23.6 Å². The topological polar surface area (TPSA) is 82.7 Å². The second-order valence-corrected chi connectivity index (χ2v) is 10.2. The number of nitrogens with one attached hydrogen (secondary N) is 3. The Labute approximate surface area is 192 Å². The zero-order chi connectivity index (χ0) is 22.4. The molecule has 9 heteroatoms. The second-order valence-electron chi connectivity index (χ2n) is 9.76. The summed E-state index contributed by atoms with van der Waals surface area (Å²) in [6.45, 7) is -0.188. The van der Waals surface area contributed by atoms with Gasteiger partial charge in [0, 0.05) is 37.2 Å². The molecule has 0 aromatic heterocycles. The molecule has 0 spiro atoms. The molecule has 5 unspecified atom stereocenters. The summed E-state index contributed by atoms with van der Waals surface area (Å²) < 4.78 is 18.9. The molecule has 0 radical (unpaired) electrons. The van der Waals surface area contributed by atoms with Crippen molar-refractivity contribution in [1.29, 1.82) is 0 Å². The molecular formula is C23H30ClFN4O3. The summed E-state index contributed by atoms with van der Waals surface area (Å²) in [5.74, 6) is 0.835. The molecular weight excluding hydrogens is 435 g/mol. The number of hydrogen-bond donors (Lipinski definition) is 3. The van der Waals surface area contributed by atoms with Crippen molar-refractivity contribution in [2.45, 2.75) is 62.7 Å². The van der Waals surface area contributed by atoms with Crippen LogP contribution in [0.25, 0.3) is 0 Å². The molecule has 5 fully saturated rings. The number of hydrazine groups is 1. The molecule has 4 aliphatic carbocycles. The van der Waals surface area contributed by atoms with Crippen molar-refractivity contribution < 1.29 is 18.7 Å². The molecule has 1 aliphatic heterocycles. The maximum absolute atomic E-state index is 13.5. The summed E-state index contributed by atoms with van der Waals surface area (Å²) in [6, 6.07) is 4.49. The first-order chi connectivity index (χ1) is 15.4. The Morgan fingerprint density at radius 1 is 1.19 bits per heavy atom. The molecule has 7 nitrogen and oxygen atoms in total. The number of rotatable bonds is 6. The van der Waals surface area contributed by atoms with Crippen molar-refractivity contribution >= 4 is 23.4 Å². The maximum Gasteiger partial charge on any atom is 0.258 e. The molecule has 2 amide bonds. The van der Waals surface area contributed by atoms with E-state index in [1.807, 2.05) is 7.05 Å². The van der Waals surface area contributed by atoms with Crippen LogP contribution in [-0.2, 0) is 9.59 Å². The van der Waals surface area contributed by atoms with Crippen molar-refractivity contribution in [3.63, 3.8) is 0 Å². The van der Waals surface area contributed by atoms with Crippen LogP contribution in [0.5, 0.6) is 5.75 Å². The number of carbonyl (C=O) groups excluding carboxylic acids is 2. The van der Waals surface area contributed by atoms with E-state index >= 15 is 0 Å². The van der Waals surface area contributed by atoms with E-state index in [1.54, 1.807) is 0 Å². The Hall–Kier alpha value is -1.90. The molecule has 3 N–H and O–H groups in total. The van der Waals surface area contributed by atoms with Gasteiger partial charge in [-0.25, -0.2) is 14.8 Å². The molecule has 1 heterocycles. The normalized spacial score (nSPS) is 35.7. The van der Waals surface area contributed by atoms with Crippen molar-refractivity contribution in [3.8, 4) is 5.75 Å². The molecule has 4 saturated carbocycles. The van der Waals surface area contributed by atoms with E-state index in [2.05, 4.69) is 21.1 Å². The number of amides is 2. The van der Waals surface area contributed by atoms with E-state index in [-0.39, 0.29) is 47.3 Å². The van der Waals surface area contributed by atoms with Gasteiger partial charge in [0.1, 0.15) is 17.6 Å². The smallest absolute Gasteiger partial charge is 0.258 e. The van der Waals surface area contributed by atoms with Crippen LogP contribution in [-0.4, -0.2) is 54.6 Å². The molecule has 32 heavy (non-hydrogen) atoms. The Balaban J connectivity index is 1.13. The first-order valence-corrected chi connectivity index (χ1v) is 11.9. The molecule has 5 atom stereocenters. The van der Waals surface area contributed by atoms with E-state index in [4.69, 9.17) is 16.3 Å². The Morgan fingerprint density at radius 2 is 1.94 bits per heavy atom. The molecule has 6 rings (SSSR count). The summed E-state index contributed by atoms with van der Waals surface area (Å²) in [4.78, 5) is 25.5. The standard InChI is InChI=1S/C23H30ClFN4O3/c1-29-20-4-2-3-15(20)22(28-29)23(31)27-19-10-18(12-7-13(19)8-12)26-21(30)11-32-14-5-6-16(24)17(25)9-14/h5-6,9,12-13,15,18-20,22,28H,2-4,7-8,10-11H2,1H3,(H,26,30)(H,27,31). The lowest BCUT2D eigenvalue weighted by Gasteiger charge is -2.51. The Kier molecular flexibility index (Phi) is 6.03. The predicted molar refractivity (Wildman–Crippen MR) is 117 cm³/mol. The minimum atomic E-state index is -0.581. The van der Waals surface area contributed by atoms with Crippen LogP contribution in [0.1, 0.15) is 38.5 Å². The van der Waals surface area contributed by atoms with E-state index < -0.39 is 5.82 Å². The summed E-state index contributed by atoms with van der Waals surface area (Å²) in [5, 5.41) is 8.47. The quantitative estimate of drug-likeness (QED) is 0.601. The van der Waals surface area contributed by atoms with Crippen molar-refractivity contribution in [3.05, 3.63) is 29.0 Å². The largest absolute Gasteiger partial charge is 0.484 e. The second kappa shape index (κ2) is 8.80. The van der Waals surface area contributed by atoms with Crippen LogP contribution >= 0.6 is 11.6 Å². The highest BCUT2D eigenvalue weighted by atomic mass is 35.5. The van der Waals surface area contributed by atoms with Gasteiger partial charge in [0.25, 0.3) is 5.91 Å². The molecule has 5 aliphatic rings. The predicted octanol–water partition coefficient (Wildman–Crippen LogP) is 2.24. The number of halogens is 2. The third-order valence-corrected chi connectivity index (χ3v) is 8.18. The van der Waals surface area contributed by atoms with Gasteiger partial charge in [-0.2, -0.15) is 0 Å². The van der Waals surface area contributed by atoms with Crippen LogP contribution in [0.2, 0.25) is 5.02 Å². The highest BCUT2D eigenvalue weighted by Crippen LogP contribution is 2.46. The zero-order valence-electron chi connectivity index (χ0n) is 18.2. The average Bonchev–Trinajstić information content (AvgIpc) is 3.32. The van der Waals surface area contributed by atoms with Gasteiger partial charge >= 0.3 is 0 Å². The number of fused-ring (bicyclic) bond motifs is 3. The van der Waals surface area contributed by atoms with Crippen molar-refractivity contribution in [2.75, 3.05) is 13.7 Å². The van der Waals surface area contributed by atoms with Gasteiger partial charge in [-0.3, -0.25) is 9.59 Å². The molecule has 1 aromatic rings. The summed E-state index contributed by atoms with van der Waals surface area (Å²) in [5.41, 5.74) is 3.36. The minimum Gasteiger partial charge on any atom is -0.484 e. The van der Waals surface area contributed by atoms with E-state index in [0.29, 0.717) is 23.8 Å². The molecule has 174 valence electrons. The minimum absolute atomic E-state index is 0.0135. The van der Waals surface area contributed by atoms with Gasteiger partial charge < -0.3 is 15.4 Å². The highest BCUT2D eigenvalue weighted by Gasteiger charge is 2.50. The van der Waals surface area contributed by atoms with Crippen molar-refractivity contribution in [2.24, 2.45) is 17.8 Å². The lowest BCUT2D eigenvalue weighted by atomic mass is 9.60. The summed E-state index contributed by atoms with van der Waals surface area (Å²) >= 11 is 5.67. The van der Waals surface area contributed by atoms with Gasteiger partial charge in [-0.1, -0.05) is 18.0 Å². The zero-order valence-corrected chi connectivity index (χ0v) is 18.9. The summed E-state index contributed by atoms with van der Waals surface area (Å²) in [7, 11) is 2.03. The third-order valence-electron chi connectivity index (χ3n) is 7.87. The van der Waals surface area contributed by atoms with Gasteiger partial charge in [-0.15, -0.1) is 0 Å². The van der Waals surface area contributed by atoms with E-state index in [1.165, 1.54) is 24.6 Å². The van der Waals surface area contributed by atoms with E-state index in [0.717, 1.165) is 32.1 Å².